The Balaban J connectivity index is 1.91. The second-order valence-electron chi connectivity index (χ2n) is 5.82. The van der Waals surface area contributed by atoms with Gasteiger partial charge >= 0.3 is 5.97 Å². The topological polar surface area (TPSA) is 57.6 Å². The number of aryl methyl sites for hydroxylation is 2. The van der Waals surface area contributed by atoms with E-state index in [4.69, 9.17) is 5.11 Å². The first-order chi connectivity index (χ1) is 10.1. The van der Waals surface area contributed by atoms with Crippen LogP contribution in [0.4, 0.5) is 0 Å². The number of carbonyl (C=O) groups excluding carboxylic acids is 1. The number of likely N-dealkylation sites (tertiary alicyclic amines) is 1. The van der Waals surface area contributed by atoms with Crippen LogP contribution in [-0.4, -0.2) is 34.5 Å². The molecular weight excluding hydrogens is 266 g/mol. The van der Waals surface area contributed by atoms with Gasteiger partial charge in [-0.2, -0.15) is 0 Å². The van der Waals surface area contributed by atoms with Crippen LogP contribution in [0.3, 0.4) is 0 Å². The maximum Gasteiger partial charge on any atom is 0.305 e. The smallest absolute Gasteiger partial charge is 0.305 e. The summed E-state index contributed by atoms with van der Waals surface area (Å²) in [6.07, 6.45) is 4.04. The molecule has 0 aromatic heterocycles. The number of amides is 1. The van der Waals surface area contributed by atoms with Gasteiger partial charge in [0.2, 0.25) is 5.91 Å². The third-order valence-electron chi connectivity index (χ3n) is 4.11. The molecule has 1 aliphatic rings. The van der Waals surface area contributed by atoms with Gasteiger partial charge in [-0.25, -0.2) is 0 Å². The maximum absolute atomic E-state index is 12.4. The van der Waals surface area contributed by atoms with E-state index in [1.54, 1.807) is 4.90 Å². The highest BCUT2D eigenvalue weighted by Crippen LogP contribution is 2.21. The summed E-state index contributed by atoms with van der Waals surface area (Å²) in [6, 6.07) is 8.07. The van der Waals surface area contributed by atoms with Crippen molar-refractivity contribution in [3.05, 3.63) is 35.4 Å². The van der Waals surface area contributed by atoms with Crippen LogP contribution in [0.25, 0.3) is 0 Å². The van der Waals surface area contributed by atoms with Crippen molar-refractivity contribution in [1.29, 1.82) is 0 Å². The third kappa shape index (κ3) is 4.59. The van der Waals surface area contributed by atoms with E-state index in [0.717, 1.165) is 31.2 Å². The van der Waals surface area contributed by atoms with Gasteiger partial charge < -0.3 is 10.0 Å². The molecule has 2 rings (SSSR count). The lowest BCUT2D eigenvalue weighted by atomic mass is 9.98. The fourth-order valence-corrected chi connectivity index (χ4v) is 2.89. The third-order valence-corrected chi connectivity index (χ3v) is 4.11. The first kappa shape index (κ1) is 15.5. The highest BCUT2D eigenvalue weighted by Gasteiger charge is 2.27. The van der Waals surface area contributed by atoms with Crippen molar-refractivity contribution in [3.63, 3.8) is 0 Å². The van der Waals surface area contributed by atoms with Crippen LogP contribution in [0.5, 0.6) is 0 Å². The molecule has 0 saturated carbocycles. The largest absolute Gasteiger partial charge is 0.481 e. The molecule has 0 aliphatic carbocycles. The van der Waals surface area contributed by atoms with Gasteiger partial charge in [-0.3, -0.25) is 9.59 Å². The Bertz CT molecular complexity index is 495. The van der Waals surface area contributed by atoms with Gasteiger partial charge in [-0.1, -0.05) is 29.8 Å². The van der Waals surface area contributed by atoms with E-state index in [1.165, 1.54) is 5.56 Å². The Morgan fingerprint density at radius 2 is 1.95 bits per heavy atom. The number of hydrogen-bond donors (Lipinski definition) is 1. The van der Waals surface area contributed by atoms with E-state index in [9.17, 15) is 9.59 Å². The van der Waals surface area contributed by atoms with E-state index in [2.05, 4.69) is 0 Å². The predicted molar refractivity (Wildman–Crippen MR) is 81.1 cm³/mol. The van der Waals surface area contributed by atoms with Crippen LogP contribution in [0.2, 0.25) is 0 Å². The van der Waals surface area contributed by atoms with Crippen molar-refractivity contribution < 1.29 is 14.7 Å². The quantitative estimate of drug-likeness (QED) is 0.906. The molecule has 0 bridgehead atoms. The second kappa shape index (κ2) is 7.25. The van der Waals surface area contributed by atoms with E-state index in [0.29, 0.717) is 13.0 Å². The van der Waals surface area contributed by atoms with Crippen molar-refractivity contribution in [2.75, 3.05) is 6.54 Å². The second-order valence-corrected chi connectivity index (χ2v) is 5.82. The lowest BCUT2D eigenvalue weighted by Crippen LogP contribution is -2.44. The first-order valence-corrected chi connectivity index (χ1v) is 7.63. The van der Waals surface area contributed by atoms with Gasteiger partial charge in [-0.05, 0) is 38.2 Å². The Labute approximate surface area is 125 Å². The normalized spacial score (nSPS) is 18.5. The van der Waals surface area contributed by atoms with Crippen molar-refractivity contribution in [2.45, 2.75) is 51.5 Å². The van der Waals surface area contributed by atoms with Crippen LogP contribution in [0.1, 0.15) is 43.2 Å². The van der Waals surface area contributed by atoms with Gasteiger partial charge in [0.15, 0.2) is 0 Å². The number of benzene rings is 1. The Morgan fingerprint density at radius 3 is 2.62 bits per heavy atom. The van der Waals surface area contributed by atoms with Crippen molar-refractivity contribution in [1.82, 2.24) is 4.90 Å². The van der Waals surface area contributed by atoms with Crippen LogP contribution < -0.4 is 0 Å². The molecule has 1 N–H and O–H groups in total. The number of hydrogen-bond acceptors (Lipinski definition) is 2. The summed E-state index contributed by atoms with van der Waals surface area (Å²) in [5, 5.41) is 8.96. The highest BCUT2D eigenvalue weighted by atomic mass is 16.4. The number of carboxylic acids is 1. The van der Waals surface area contributed by atoms with Crippen LogP contribution in [0.15, 0.2) is 24.3 Å². The van der Waals surface area contributed by atoms with Gasteiger partial charge in [0.05, 0.1) is 6.42 Å². The average molecular weight is 289 g/mol. The average Bonchev–Trinajstić information content (AvgIpc) is 2.46. The standard InChI is InChI=1S/C17H23NO3/c1-13-5-7-14(8-6-13)9-10-16(19)18-11-3-2-4-15(18)12-17(20)21/h5-8,15H,2-4,9-12H2,1H3,(H,20,21). The van der Waals surface area contributed by atoms with Gasteiger partial charge in [-0.15, -0.1) is 0 Å². The van der Waals surface area contributed by atoms with Gasteiger partial charge in [0.25, 0.3) is 0 Å². The van der Waals surface area contributed by atoms with Gasteiger partial charge in [0, 0.05) is 19.0 Å². The minimum absolute atomic E-state index is 0.0657. The lowest BCUT2D eigenvalue weighted by Gasteiger charge is -2.35. The Kier molecular flexibility index (Phi) is 5.37. The molecule has 1 fully saturated rings. The predicted octanol–water partition coefficient (Wildman–Crippen LogP) is 2.78. The van der Waals surface area contributed by atoms with E-state index >= 15 is 0 Å². The summed E-state index contributed by atoms with van der Waals surface area (Å²) >= 11 is 0. The van der Waals surface area contributed by atoms with E-state index in [1.807, 2.05) is 31.2 Å². The molecule has 1 aromatic rings. The summed E-state index contributed by atoms with van der Waals surface area (Å²) in [5.41, 5.74) is 2.36. The first-order valence-electron chi connectivity index (χ1n) is 7.63. The van der Waals surface area contributed by atoms with E-state index < -0.39 is 5.97 Å². The zero-order valence-electron chi connectivity index (χ0n) is 12.5. The summed E-state index contributed by atoms with van der Waals surface area (Å²) in [4.78, 5) is 25.1. The Morgan fingerprint density at radius 1 is 1.24 bits per heavy atom. The maximum atomic E-state index is 12.4. The summed E-state index contributed by atoms with van der Waals surface area (Å²) in [7, 11) is 0. The number of rotatable bonds is 5. The van der Waals surface area contributed by atoms with Crippen molar-refractivity contribution >= 4 is 11.9 Å². The molecule has 0 radical (unpaired) electrons. The molecule has 1 aromatic carbocycles. The number of piperidine rings is 1. The molecule has 1 unspecified atom stereocenters. The Hall–Kier alpha value is -1.84. The SMILES string of the molecule is Cc1ccc(CCC(=O)N2CCCCC2CC(=O)O)cc1. The van der Waals surface area contributed by atoms with Crippen LogP contribution in [0, 0.1) is 6.92 Å². The molecule has 4 heteroatoms. The summed E-state index contributed by atoms with van der Waals surface area (Å²) in [5.74, 6) is -0.736. The minimum atomic E-state index is -0.821. The molecule has 4 nitrogen and oxygen atoms in total. The molecule has 1 saturated heterocycles. The number of nitrogens with zero attached hydrogens (tertiary/aromatic N) is 1. The highest BCUT2D eigenvalue weighted by molar-refractivity contribution is 5.78. The van der Waals surface area contributed by atoms with E-state index in [-0.39, 0.29) is 18.4 Å². The molecule has 1 atom stereocenters. The van der Waals surface area contributed by atoms with Gasteiger partial charge in [0.1, 0.15) is 0 Å². The summed E-state index contributed by atoms with van der Waals surface area (Å²) < 4.78 is 0. The molecule has 114 valence electrons. The zero-order chi connectivity index (χ0) is 15.2. The lowest BCUT2D eigenvalue weighted by molar-refractivity contribution is -0.141. The van der Waals surface area contributed by atoms with Crippen molar-refractivity contribution in [3.8, 4) is 0 Å². The summed E-state index contributed by atoms with van der Waals surface area (Å²) in [6.45, 7) is 2.74. The number of aliphatic carboxylic acids is 1. The van der Waals surface area contributed by atoms with Crippen molar-refractivity contribution in [2.24, 2.45) is 0 Å². The van der Waals surface area contributed by atoms with Crippen LogP contribution >= 0.6 is 0 Å². The molecule has 0 spiro atoms. The fourth-order valence-electron chi connectivity index (χ4n) is 2.89. The zero-order valence-corrected chi connectivity index (χ0v) is 12.5. The van der Waals surface area contributed by atoms with Crippen LogP contribution in [-0.2, 0) is 16.0 Å². The molecule has 21 heavy (non-hydrogen) atoms. The molecular formula is C17H23NO3. The molecule has 1 amide bonds. The molecule has 1 aliphatic heterocycles. The fraction of sp³-hybridized carbons (Fsp3) is 0.529. The number of carboxylic acid groups (broad SMARTS) is 1. The minimum Gasteiger partial charge on any atom is -0.481 e. The monoisotopic (exact) mass is 289 g/mol. The molecule has 1 heterocycles. The number of carbonyl (C=O) groups is 2.